The number of hydrogen-bond donors (Lipinski definition) is 0. The Morgan fingerprint density at radius 3 is 1.78 bits per heavy atom. The second-order valence-electron chi connectivity index (χ2n) is 1.76. The molecule has 0 aliphatic heterocycles. The summed E-state index contributed by atoms with van der Waals surface area (Å²) < 4.78 is 10.2. The van der Waals surface area contributed by atoms with Gasteiger partial charge in [-0.3, -0.25) is 0 Å². The zero-order chi connectivity index (χ0) is 6.57. The molecule has 4 heteroatoms. The van der Waals surface area contributed by atoms with Crippen molar-refractivity contribution in [1.82, 2.24) is 0 Å². The molecule has 0 rings (SSSR count). The Morgan fingerprint density at radius 2 is 1.78 bits per heavy atom. The van der Waals surface area contributed by atoms with Crippen LogP contribution in [0.2, 0.25) is 0 Å². The molecule has 0 heterocycles. The minimum absolute atomic E-state index is 0. The summed E-state index contributed by atoms with van der Waals surface area (Å²) in [6.07, 6.45) is 1.49. The molecule has 0 saturated heterocycles. The minimum Gasteiger partial charge on any atom is -0.595 e. The van der Waals surface area contributed by atoms with Gasteiger partial charge in [-0.05, 0) is 12.8 Å². The second kappa shape index (κ2) is 7.17. The summed E-state index contributed by atoms with van der Waals surface area (Å²) in [5.41, 5.74) is -0.0926. The molecule has 0 aromatic heterocycles. The standard InChI is InChI=1S/C5H11O2P.Na/c1-3-5(4-2)8(6)7;/h5H,3-4H2,1-2H3;/q;+1. The minimum atomic E-state index is -2.16. The topological polar surface area (TPSA) is 40.1 Å². The summed E-state index contributed by atoms with van der Waals surface area (Å²) in [5, 5.41) is 0. The van der Waals surface area contributed by atoms with E-state index in [0.29, 0.717) is 0 Å². The number of hydrogen-bond acceptors (Lipinski definition) is 2. The zero-order valence-corrected chi connectivity index (χ0v) is 9.15. The summed E-state index contributed by atoms with van der Waals surface area (Å²) in [6.45, 7) is 3.78. The Labute approximate surface area is 79.2 Å². The first kappa shape index (κ1) is 12.7. The van der Waals surface area contributed by atoms with Crippen molar-refractivity contribution in [1.29, 1.82) is 0 Å². The Bertz CT molecular complexity index is 83.0. The molecule has 1 unspecified atom stereocenters. The third-order valence-electron chi connectivity index (χ3n) is 1.24. The molecule has 0 aliphatic rings. The maximum Gasteiger partial charge on any atom is 1.00 e. The van der Waals surface area contributed by atoms with Crippen LogP contribution >= 0.6 is 8.03 Å². The first-order valence-corrected chi connectivity index (χ1v) is 4.10. The van der Waals surface area contributed by atoms with Crippen LogP contribution in [-0.2, 0) is 4.57 Å². The molecule has 0 bridgehead atoms. The van der Waals surface area contributed by atoms with Crippen LogP contribution in [0.5, 0.6) is 0 Å². The van der Waals surface area contributed by atoms with E-state index in [1.807, 2.05) is 13.8 Å². The first-order chi connectivity index (χ1) is 3.72. The summed E-state index contributed by atoms with van der Waals surface area (Å²) in [4.78, 5) is 10.2. The molecule has 48 valence electrons. The molecule has 0 aromatic rings. The fraction of sp³-hybridized carbons (Fsp3) is 1.00. The molecule has 0 aromatic carbocycles. The van der Waals surface area contributed by atoms with Crippen LogP contribution in [0.4, 0.5) is 0 Å². The Morgan fingerprint density at radius 1 is 1.44 bits per heavy atom. The molecule has 0 spiro atoms. The van der Waals surface area contributed by atoms with Crippen molar-refractivity contribution in [2.24, 2.45) is 0 Å². The Balaban J connectivity index is 0. The van der Waals surface area contributed by atoms with Crippen LogP contribution in [-0.4, -0.2) is 5.66 Å². The molecule has 1 atom stereocenters. The summed E-state index contributed by atoms with van der Waals surface area (Å²) in [5.74, 6) is 0. The monoisotopic (exact) mass is 157 g/mol. The first-order valence-electron chi connectivity index (χ1n) is 2.85. The van der Waals surface area contributed by atoms with E-state index >= 15 is 0 Å². The fourth-order valence-electron chi connectivity index (χ4n) is 0.587. The van der Waals surface area contributed by atoms with Crippen LogP contribution in [0.25, 0.3) is 0 Å². The largest absolute Gasteiger partial charge is 1.00 e. The SMILES string of the molecule is CCC(CC)[P+](=O)[O-].[Na+]. The van der Waals surface area contributed by atoms with Crippen LogP contribution in [0.1, 0.15) is 26.7 Å². The van der Waals surface area contributed by atoms with Crippen LogP contribution in [0.3, 0.4) is 0 Å². The van der Waals surface area contributed by atoms with Gasteiger partial charge in [0.1, 0.15) is 0 Å². The van der Waals surface area contributed by atoms with Gasteiger partial charge in [0.05, 0.1) is 0 Å². The van der Waals surface area contributed by atoms with Crippen molar-refractivity contribution < 1.29 is 39.0 Å². The third-order valence-corrected chi connectivity index (χ3v) is 2.57. The van der Waals surface area contributed by atoms with Crippen LogP contribution in [0.15, 0.2) is 0 Å². The molecule has 0 radical (unpaired) electrons. The maximum absolute atomic E-state index is 10.2. The predicted molar refractivity (Wildman–Crippen MR) is 32.0 cm³/mol. The average Bonchev–Trinajstić information content (AvgIpc) is 1.69. The van der Waals surface area contributed by atoms with Gasteiger partial charge in [-0.2, -0.15) is 0 Å². The van der Waals surface area contributed by atoms with Gasteiger partial charge < -0.3 is 4.89 Å². The van der Waals surface area contributed by atoms with Crippen LogP contribution in [0, 0.1) is 0 Å². The smallest absolute Gasteiger partial charge is 0.595 e. The van der Waals surface area contributed by atoms with Crippen molar-refractivity contribution in [3.05, 3.63) is 0 Å². The molecule has 0 fully saturated rings. The van der Waals surface area contributed by atoms with Crippen LogP contribution < -0.4 is 34.5 Å². The second-order valence-corrected chi connectivity index (χ2v) is 3.06. The van der Waals surface area contributed by atoms with Crippen molar-refractivity contribution in [2.45, 2.75) is 32.3 Å². The summed E-state index contributed by atoms with van der Waals surface area (Å²) in [7, 11) is -2.16. The van der Waals surface area contributed by atoms with Gasteiger partial charge in [0.2, 0.25) is 0 Å². The van der Waals surface area contributed by atoms with E-state index in [1.54, 1.807) is 0 Å². The van der Waals surface area contributed by atoms with Crippen molar-refractivity contribution in [2.75, 3.05) is 0 Å². The van der Waals surface area contributed by atoms with E-state index < -0.39 is 8.03 Å². The van der Waals surface area contributed by atoms with Gasteiger partial charge >= 0.3 is 37.6 Å². The van der Waals surface area contributed by atoms with E-state index in [0.717, 1.165) is 12.8 Å². The van der Waals surface area contributed by atoms with E-state index in [4.69, 9.17) is 0 Å². The molecule has 0 aliphatic carbocycles. The molecular weight excluding hydrogens is 146 g/mol. The molecular formula is C5H11NaO2P+. The van der Waals surface area contributed by atoms with Crippen molar-refractivity contribution >= 4 is 8.03 Å². The molecule has 2 nitrogen and oxygen atoms in total. The Kier molecular flexibility index (Phi) is 10.1. The average molecular weight is 157 g/mol. The quantitative estimate of drug-likeness (QED) is 0.361. The van der Waals surface area contributed by atoms with E-state index in [9.17, 15) is 9.46 Å². The van der Waals surface area contributed by atoms with Gasteiger partial charge in [0.25, 0.3) is 0 Å². The normalized spacial score (nSPS) is 10.9. The van der Waals surface area contributed by atoms with Gasteiger partial charge in [-0.25, -0.2) is 0 Å². The van der Waals surface area contributed by atoms with Gasteiger partial charge in [-0.15, -0.1) is 0 Å². The van der Waals surface area contributed by atoms with Crippen molar-refractivity contribution in [3.63, 3.8) is 0 Å². The number of rotatable bonds is 3. The predicted octanol–water partition coefficient (Wildman–Crippen LogP) is -1.72. The van der Waals surface area contributed by atoms with E-state index in [2.05, 4.69) is 0 Å². The zero-order valence-electron chi connectivity index (χ0n) is 6.26. The summed E-state index contributed by atoms with van der Waals surface area (Å²) in [6, 6.07) is 0. The summed E-state index contributed by atoms with van der Waals surface area (Å²) >= 11 is 0. The van der Waals surface area contributed by atoms with Gasteiger partial charge in [0.15, 0.2) is 5.66 Å². The van der Waals surface area contributed by atoms with Gasteiger partial charge in [0, 0.05) is 0 Å². The molecule has 0 amide bonds. The molecule has 0 saturated carbocycles. The van der Waals surface area contributed by atoms with Gasteiger partial charge in [-0.1, -0.05) is 18.4 Å². The maximum atomic E-state index is 10.2. The fourth-order valence-corrected chi connectivity index (χ4v) is 1.18. The molecule has 9 heavy (non-hydrogen) atoms. The third kappa shape index (κ3) is 5.50. The van der Waals surface area contributed by atoms with Crippen molar-refractivity contribution in [3.8, 4) is 0 Å². The Hall–Kier alpha value is 1.06. The van der Waals surface area contributed by atoms with E-state index in [1.165, 1.54) is 0 Å². The molecule has 0 N–H and O–H groups in total. The van der Waals surface area contributed by atoms with E-state index in [-0.39, 0.29) is 35.2 Å².